The van der Waals surface area contributed by atoms with Crippen LogP contribution in [0.5, 0.6) is 5.88 Å². The third kappa shape index (κ3) is 6.04. The van der Waals surface area contributed by atoms with Gasteiger partial charge in [0.2, 0.25) is 17.7 Å². The summed E-state index contributed by atoms with van der Waals surface area (Å²) in [6, 6.07) is 15.4. The van der Waals surface area contributed by atoms with E-state index in [1.54, 1.807) is 24.3 Å². The van der Waals surface area contributed by atoms with E-state index >= 15 is 0 Å². The van der Waals surface area contributed by atoms with E-state index in [1.807, 2.05) is 30.3 Å². The van der Waals surface area contributed by atoms with E-state index in [4.69, 9.17) is 10.5 Å². The molecule has 5 N–H and O–H groups in total. The van der Waals surface area contributed by atoms with Crippen molar-refractivity contribution in [1.29, 1.82) is 0 Å². The van der Waals surface area contributed by atoms with Crippen LogP contribution < -0.4 is 26.4 Å². The van der Waals surface area contributed by atoms with Gasteiger partial charge in [-0.05, 0) is 40.8 Å². The number of piperidine rings is 1. The van der Waals surface area contributed by atoms with Crippen LogP contribution in [0.25, 0.3) is 0 Å². The lowest BCUT2D eigenvalue weighted by Gasteiger charge is -2.29. The number of fused-ring (bicyclic) bond motifs is 1. The van der Waals surface area contributed by atoms with Crippen molar-refractivity contribution in [3.05, 3.63) is 88.6 Å². The first-order valence-corrected chi connectivity index (χ1v) is 12.6. The summed E-state index contributed by atoms with van der Waals surface area (Å²) in [4.78, 5) is 54.6. The predicted molar refractivity (Wildman–Crippen MR) is 141 cm³/mol. The monoisotopic (exact) mass is 528 g/mol. The van der Waals surface area contributed by atoms with Crippen LogP contribution in [-0.2, 0) is 35.8 Å². The first-order chi connectivity index (χ1) is 18.9. The molecule has 200 valence electrons. The van der Waals surface area contributed by atoms with Crippen molar-refractivity contribution in [1.82, 2.24) is 20.5 Å². The van der Waals surface area contributed by atoms with Crippen molar-refractivity contribution in [2.75, 3.05) is 5.32 Å². The van der Waals surface area contributed by atoms with Crippen LogP contribution in [-0.4, -0.2) is 39.7 Å². The maximum atomic E-state index is 12.8. The van der Waals surface area contributed by atoms with Gasteiger partial charge in [0.15, 0.2) is 0 Å². The first kappa shape index (κ1) is 25.9. The second-order valence-corrected chi connectivity index (χ2v) is 9.39. The highest BCUT2D eigenvalue weighted by Crippen LogP contribution is 2.28. The molecule has 0 bridgehead atoms. The Kier molecular flexibility index (Phi) is 7.50. The van der Waals surface area contributed by atoms with Gasteiger partial charge in [0.1, 0.15) is 12.6 Å². The Morgan fingerprint density at radius 3 is 2.54 bits per heavy atom. The van der Waals surface area contributed by atoms with Crippen molar-refractivity contribution >= 4 is 29.4 Å². The number of rotatable bonds is 8. The largest absolute Gasteiger partial charge is 0.473 e. The molecule has 0 saturated carbocycles. The second-order valence-electron chi connectivity index (χ2n) is 9.39. The third-order valence-corrected chi connectivity index (χ3v) is 6.68. The summed E-state index contributed by atoms with van der Waals surface area (Å²) < 4.78 is 5.70. The maximum Gasteiger partial charge on any atom is 0.319 e. The number of benzene rings is 2. The zero-order chi connectivity index (χ0) is 27.4. The van der Waals surface area contributed by atoms with Gasteiger partial charge in [-0.2, -0.15) is 0 Å². The van der Waals surface area contributed by atoms with Crippen molar-refractivity contribution in [3.63, 3.8) is 0 Å². The van der Waals surface area contributed by atoms with Gasteiger partial charge in [0, 0.05) is 37.7 Å². The number of urea groups is 1. The van der Waals surface area contributed by atoms with E-state index in [-0.39, 0.29) is 31.3 Å². The van der Waals surface area contributed by atoms with Gasteiger partial charge in [-0.25, -0.2) is 9.78 Å². The Balaban J connectivity index is 1.10. The predicted octanol–water partition coefficient (Wildman–Crippen LogP) is 2.20. The van der Waals surface area contributed by atoms with E-state index in [1.165, 1.54) is 11.1 Å². The summed E-state index contributed by atoms with van der Waals surface area (Å²) in [5.74, 6) is -0.570. The molecule has 11 heteroatoms. The van der Waals surface area contributed by atoms with Crippen LogP contribution in [0.3, 0.4) is 0 Å². The molecule has 3 heterocycles. The standard InChI is InChI=1S/C28H28N6O5/c29-12-17-1-3-18(4-2-17)16-39-25-10-6-21(14-30-25)32-28(38)31-13-19-5-7-22-20(11-19)15-34(27(22)37)23-8-9-24(35)33-26(23)36/h1-7,10-11,14,23H,8-9,12-13,15-16,29H2,(H2,31,32,38)(H,33,35,36). The lowest BCUT2D eigenvalue weighted by molar-refractivity contribution is -0.136. The molecule has 1 saturated heterocycles. The molecule has 3 aromatic rings. The average Bonchev–Trinajstić information content (AvgIpc) is 3.27. The zero-order valence-corrected chi connectivity index (χ0v) is 21.1. The van der Waals surface area contributed by atoms with E-state index in [0.29, 0.717) is 36.7 Å². The molecule has 11 nitrogen and oxygen atoms in total. The summed E-state index contributed by atoms with van der Waals surface area (Å²) >= 11 is 0. The molecule has 0 aliphatic carbocycles. The topological polar surface area (TPSA) is 156 Å². The van der Waals surface area contributed by atoms with Crippen LogP contribution in [0, 0.1) is 0 Å². The highest BCUT2D eigenvalue weighted by atomic mass is 16.5. The number of imide groups is 1. The van der Waals surface area contributed by atoms with Crippen LogP contribution in [0.4, 0.5) is 10.5 Å². The number of nitrogens with one attached hydrogen (secondary N) is 3. The van der Waals surface area contributed by atoms with Gasteiger partial charge in [-0.15, -0.1) is 0 Å². The molecule has 1 aromatic heterocycles. The molecule has 0 radical (unpaired) electrons. The molecule has 1 unspecified atom stereocenters. The highest BCUT2D eigenvalue weighted by molar-refractivity contribution is 6.05. The molecule has 2 aromatic carbocycles. The second kappa shape index (κ2) is 11.3. The average molecular weight is 529 g/mol. The Morgan fingerprint density at radius 2 is 1.82 bits per heavy atom. The fourth-order valence-corrected chi connectivity index (χ4v) is 4.56. The Morgan fingerprint density at radius 1 is 1.05 bits per heavy atom. The fraction of sp³-hybridized carbons (Fsp3) is 0.250. The van der Waals surface area contributed by atoms with E-state index < -0.39 is 18.0 Å². The molecule has 1 fully saturated rings. The van der Waals surface area contributed by atoms with Crippen molar-refractivity contribution < 1.29 is 23.9 Å². The number of anilines is 1. The summed E-state index contributed by atoms with van der Waals surface area (Å²) in [6.07, 6.45) is 2.02. The van der Waals surface area contributed by atoms with E-state index in [9.17, 15) is 19.2 Å². The van der Waals surface area contributed by atoms with E-state index in [0.717, 1.165) is 22.3 Å². The number of carbonyl (C=O) groups is 4. The normalized spacial score (nSPS) is 16.5. The fourth-order valence-electron chi connectivity index (χ4n) is 4.56. The number of amides is 5. The minimum Gasteiger partial charge on any atom is -0.473 e. The van der Waals surface area contributed by atoms with Gasteiger partial charge in [0.25, 0.3) is 5.91 Å². The van der Waals surface area contributed by atoms with Gasteiger partial charge < -0.3 is 26.0 Å². The molecule has 2 aliphatic heterocycles. The molecule has 1 atom stereocenters. The summed E-state index contributed by atoms with van der Waals surface area (Å²) in [5.41, 5.74) is 10.3. The Hall–Kier alpha value is -4.77. The molecule has 0 spiro atoms. The Labute approximate surface area is 224 Å². The van der Waals surface area contributed by atoms with Gasteiger partial charge in [-0.3, -0.25) is 19.7 Å². The lowest BCUT2D eigenvalue weighted by atomic mass is 10.0. The van der Waals surface area contributed by atoms with Crippen LogP contribution in [0.15, 0.2) is 60.8 Å². The number of carbonyl (C=O) groups excluding carboxylic acids is 4. The van der Waals surface area contributed by atoms with Crippen LogP contribution in [0.1, 0.15) is 45.5 Å². The molecule has 39 heavy (non-hydrogen) atoms. The number of aromatic nitrogens is 1. The Bertz CT molecular complexity index is 1410. The van der Waals surface area contributed by atoms with Crippen molar-refractivity contribution in [3.8, 4) is 5.88 Å². The van der Waals surface area contributed by atoms with Crippen LogP contribution >= 0.6 is 0 Å². The van der Waals surface area contributed by atoms with Crippen LogP contribution in [0.2, 0.25) is 0 Å². The number of nitrogens with zero attached hydrogens (tertiary/aromatic N) is 2. The number of hydrogen-bond donors (Lipinski definition) is 4. The van der Waals surface area contributed by atoms with E-state index in [2.05, 4.69) is 20.9 Å². The van der Waals surface area contributed by atoms with Crippen molar-refractivity contribution in [2.24, 2.45) is 5.73 Å². The minimum absolute atomic E-state index is 0.204. The van der Waals surface area contributed by atoms with Gasteiger partial charge in [-0.1, -0.05) is 36.4 Å². The number of ether oxygens (including phenoxy) is 1. The molecule has 2 aliphatic rings. The number of pyridine rings is 1. The first-order valence-electron chi connectivity index (χ1n) is 12.6. The maximum absolute atomic E-state index is 12.8. The highest BCUT2D eigenvalue weighted by Gasteiger charge is 2.39. The number of nitrogens with two attached hydrogens (primary N) is 1. The molecular formula is C28H28N6O5. The third-order valence-electron chi connectivity index (χ3n) is 6.68. The quantitative estimate of drug-likeness (QED) is 0.327. The summed E-state index contributed by atoms with van der Waals surface area (Å²) in [5, 5.41) is 7.81. The number of hydrogen-bond acceptors (Lipinski definition) is 7. The smallest absolute Gasteiger partial charge is 0.319 e. The molecule has 5 amide bonds. The summed E-state index contributed by atoms with van der Waals surface area (Å²) in [7, 11) is 0. The minimum atomic E-state index is -0.664. The summed E-state index contributed by atoms with van der Waals surface area (Å²) in [6.45, 7) is 1.37. The van der Waals surface area contributed by atoms with Crippen molar-refractivity contribution in [2.45, 2.75) is 45.1 Å². The lowest BCUT2D eigenvalue weighted by Crippen LogP contribution is -2.52. The molecular weight excluding hydrogens is 500 g/mol. The zero-order valence-electron chi connectivity index (χ0n) is 21.1. The SMILES string of the molecule is NCc1ccc(COc2ccc(NC(=O)NCc3ccc4c(c3)CN(C3CCC(=O)NC3=O)C4=O)cn2)cc1. The van der Waals surface area contributed by atoms with Gasteiger partial charge in [0.05, 0.1) is 11.9 Å². The van der Waals surface area contributed by atoms with Gasteiger partial charge >= 0.3 is 6.03 Å². The molecule has 5 rings (SSSR count).